The van der Waals surface area contributed by atoms with Gasteiger partial charge in [0.05, 0.1) is 12.7 Å². The number of carbonyl (C=O) groups excluding carboxylic acids is 1. The molecule has 9 heteroatoms. The lowest BCUT2D eigenvalue weighted by Gasteiger charge is -2.54. The number of nitrogens with zero attached hydrogens (tertiary/aromatic N) is 2. The number of aromatic amines is 1. The molecule has 1 aromatic heterocycles. The number of nitrogens with one attached hydrogen (secondary N) is 1. The van der Waals surface area contributed by atoms with Gasteiger partial charge in [-0.15, -0.1) is 0 Å². The molecule has 2 saturated heterocycles. The SMILES string of the molecule is CC1(C)Oc2ccccc2[C@H]2OCC3(CCN(C(=O)c4cc(C(F)(F)F)[nH]n4)CC3)C[C@@H]21. The Labute approximate surface area is 184 Å². The molecule has 172 valence electrons. The molecule has 0 bridgehead atoms. The van der Waals surface area contributed by atoms with E-state index < -0.39 is 17.8 Å². The number of ether oxygens (including phenoxy) is 2. The largest absolute Gasteiger partial charge is 0.487 e. The van der Waals surface area contributed by atoms with Crippen molar-refractivity contribution >= 4 is 5.91 Å². The molecule has 2 atom stereocenters. The third-order valence-corrected chi connectivity index (χ3v) is 7.29. The fourth-order valence-electron chi connectivity index (χ4n) is 5.37. The Morgan fingerprint density at radius 1 is 1.22 bits per heavy atom. The third kappa shape index (κ3) is 3.56. The van der Waals surface area contributed by atoms with Crippen molar-refractivity contribution in [2.24, 2.45) is 11.3 Å². The van der Waals surface area contributed by atoms with E-state index in [0.717, 1.165) is 36.6 Å². The van der Waals surface area contributed by atoms with Crippen molar-refractivity contribution in [1.29, 1.82) is 0 Å². The van der Waals surface area contributed by atoms with Crippen LogP contribution in [0.4, 0.5) is 13.2 Å². The number of likely N-dealkylation sites (tertiary alicyclic amines) is 1. The second kappa shape index (κ2) is 7.23. The van der Waals surface area contributed by atoms with E-state index in [-0.39, 0.29) is 28.7 Å². The van der Waals surface area contributed by atoms with Gasteiger partial charge >= 0.3 is 6.18 Å². The molecule has 0 saturated carbocycles. The highest BCUT2D eigenvalue weighted by atomic mass is 19.4. The minimum absolute atomic E-state index is 0.0231. The van der Waals surface area contributed by atoms with Crippen molar-refractivity contribution in [3.8, 4) is 5.75 Å². The summed E-state index contributed by atoms with van der Waals surface area (Å²) >= 11 is 0. The van der Waals surface area contributed by atoms with E-state index in [0.29, 0.717) is 19.7 Å². The summed E-state index contributed by atoms with van der Waals surface area (Å²) in [5.41, 5.74) is -0.596. The van der Waals surface area contributed by atoms with Gasteiger partial charge in [-0.3, -0.25) is 9.89 Å². The van der Waals surface area contributed by atoms with Crippen LogP contribution in [-0.4, -0.2) is 46.3 Å². The number of para-hydroxylation sites is 1. The summed E-state index contributed by atoms with van der Waals surface area (Å²) in [6.45, 7) is 5.72. The second-order valence-corrected chi connectivity index (χ2v) is 9.74. The molecule has 32 heavy (non-hydrogen) atoms. The molecular weight excluding hydrogens is 423 g/mol. The van der Waals surface area contributed by atoms with E-state index in [1.165, 1.54) is 0 Å². The Balaban J connectivity index is 1.28. The van der Waals surface area contributed by atoms with Crippen molar-refractivity contribution in [2.45, 2.75) is 51.0 Å². The Morgan fingerprint density at radius 2 is 1.94 bits per heavy atom. The first-order valence-corrected chi connectivity index (χ1v) is 10.9. The summed E-state index contributed by atoms with van der Waals surface area (Å²) in [5.74, 6) is 0.567. The average Bonchev–Trinajstić information content (AvgIpc) is 3.25. The molecule has 2 aromatic rings. The van der Waals surface area contributed by atoms with Crippen LogP contribution in [0.5, 0.6) is 5.75 Å². The number of amides is 1. The predicted octanol–water partition coefficient (Wildman–Crippen LogP) is 4.60. The zero-order chi connectivity index (χ0) is 22.7. The number of rotatable bonds is 1. The molecule has 5 rings (SSSR count). The van der Waals surface area contributed by atoms with Gasteiger partial charge in [-0.1, -0.05) is 18.2 Å². The van der Waals surface area contributed by atoms with Gasteiger partial charge in [0, 0.05) is 30.6 Å². The lowest BCUT2D eigenvalue weighted by atomic mass is 9.64. The molecule has 0 unspecified atom stereocenters. The molecule has 0 radical (unpaired) electrons. The van der Waals surface area contributed by atoms with Gasteiger partial charge in [-0.2, -0.15) is 18.3 Å². The number of benzene rings is 1. The van der Waals surface area contributed by atoms with Crippen LogP contribution in [0.3, 0.4) is 0 Å². The molecule has 1 aromatic carbocycles. The lowest BCUT2D eigenvalue weighted by Crippen LogP contribution is -2.54. The van der Waals surface area contributed by atoms with Crippen LogP contribution >= 0.6 is 0 Å². The monoisotopic (exact) mass is 449 g/mol. The highest BCUT2D eigenvalue weighted by molar-refractivity contribution is 5.92. The van der Waals surface area contributed by atoms with Gasteiger partial charge in [0.2, 0.25) is 0 Å². The topological polar surface area (TPSA) is 67.5 Å². The van der Waals surface area contributed by atoms with Crippen LogP contribution in [0, 0.1) is 11.3 Å². The average molecular weight is 449 g/mol. The molecule has 0 aliphatic carbocycles. The normalized spacial score (nSPS) is 26.2. The van der Waals surface area contributed by atoms with E-state index in [1.54, 1.807) is 4.90 Å². The maximum Gasteiger partial charge on any atom is 0.432 e. The molecule has 1 spiro atoms. The van der Waals surface area contributed by atoms with Gasteiger partial charge < -0.3 is 14.4 Å². The lowest BCUT2D eigenvalue weighted by molar-refractivity contribution is -0.173. The summed E-state index contributed by atoms with van der Waals surface area (Å²) < 4.78 is 51.2. The van der Waals surface area contributed by atoms with Crippen LogP contribution < -0.4 is 4.74 Å². The number of halogens is 3. The first-order chi connectivity index (χ1) is 15.1. The van der Waals surface area contributed by atoms with Crippen molar-refractivity contribution in [1.82, 2.24) is 15.1 Å². The van der Waals surface area contributed by atoms with Crippen molar-refractivity contribution in [3.63, 3.8) is 0 Å². The number of carbonyl (C=O) groups is 1. The number of alkyl halides is 3. The molecular formula is C23H26F3N3O3. The third-order valence-electron chi connectivity index (χ3n) is 7.29. The molecule has 4 heterocycles. The Kier molecular flexibility index (Phi) is 4.81. The number of fused-ring (bicyclic) bond motifs is 3. The molecule has 6 nitrogen and oxygen atoms in total. The first-order valence-electron chi connectivity index (χ1n) is 10.9. The Bertz CT molecular complexity index is 1020. The highest BCUT2D eigenvalue weighted by Crippen LogP contribution is 2.55. The summed E-state index contributed by atoms with van der Waals surface area (Å²) in [7, 11) is 0. The molecule has 3 aliphatic heterocycles. The molecule has 1 N–H and O–H groups in total. The number of hydrogen-bond acceptors (Lipinski definition) is 4. The summed E-state index contributed by atoms with van der Waals surface area (Å²) in [5, 5.41) is 5.49. The number of aromatic nitrogens is 2. The quantitative estimate of drug-likeness (QED) is 0.691. The van der Waals surface area contributed by atoms with Crippen LogP contribution in [0.25, 0.3) is 0 Å². The fourth-order valence-corrected chi connectivity index (χ4v) is 5.37. The van der Waals surface area contributed by atoms with Gasteiger partial charge in [0.1, 0.15) is 17.0 Å². The highest BCUT2D eigenvalue weighted by Gasteiger charge is 2.53. The van der Waals surface area contributed by atoms with Crippen LogP contribution in [0.2, 0.25) is 0 Å². The second-order valence-electron chi connectivity index (χ2n) is 9.74. The first kappa shape index (κ1) is 21.3. The van der Waals surface area contributed by atoms with E-state index >= 15 is 0 Å². The minimum atomic E-state index is -4.55. The van der Waals surface area contributed by atoms with Gasteiger partial charge in [-0.25, -0.2) is 0 Å². The van der Waals surface area contributed by atoms with E-state index in [9.17, 15) is 18.0 Å². The van der Waals surface area contributed by atoms with Crippen molar-refractivity contribution in [2.75, 3.05) is 19.7 Å². The molecule has 3 aliphatic rings. The zero-order valence-corrected chi connectivity index (χ0v) is 18.0. The van der Waals surface area contributed by atoms with E-state index in [2.05, 4.69) is 25.0 Å². The predicted molar refractivity (Wildman–Crippen MR) is 109 cm³/mol. The summed E-state index contributed by atoms with van der Waals surface area (Å²) in [6, 6.07) is 8.77. The van der Waals surface area contributed by atoms with Gasteiger partial charge in [0.15, 0.2) is 5.69 Å². The zero-order valence-electron chi connectivity index (χ0n) is 18.0. The number of H-pyrrole nitrogens is 1. The number of hydrogen-bond donors (Lipinski definition) is 1. The fraction of sp³-hybridized carbons (Fsp3) is 0.565. The van der Waals surface area contributed by atoms with Crippen molar-refractivity contribution < 1.29 is 27.4 Å². The Hall–Kier alpha value is -2.55. The maximum absolute atomic E-state index is 12.8. The summed E-state index contributed by atoms with van der Waals surface area (Å²) in [6.07, 6.45) is -2.19. The van der Waals surface area contributed by atoms with Crippen LogP contribution in [0.15, 0.2) is 30.3 Å². The van der Waals surface area contributed by atoms with Crippen LogP contribution in [0.1, 0.15) is 61.0 Å². The van der Waals surface area contributed by atoms with Gasteiger partial charge in [0.25, 0.3) is 5.91 Å². The van der Waals surface area contributed by atoms with Crippen molar-refractivity contribution in [3.05, 3.63) is 47.3 Å². The smallest absolute Gasteiger partial charge is 0.432 e. The maximum atomic E-state index is 12.8. The number of piperidine rings is 1. The van der Waals surface area contributed by atoms with E-state index in [1.807, 2.05) is 23.3 Å². The summed E-state index contributed by atoms with van der Waals surface area (Å²) in [4.78, 5) is 14.3. The standard InChI is InChI=1S/C23H26F3N3O3/c1-21(2)15-12-22(13-31-19(15)14-5-3-4-6-17(14)32-21)7-9-29(10-8-22)20(30)16-11-18(28-27-16)23(24,25)26/h3-6,11,15,19H,7-10,12-13H2,1-2H3,(H,27,28)/t15-,19+/m0/s1. The molecule has 2 fully saturated rings. The van der Waals surface area contributed by atoms with E-state index in [4.69, 9.17) is 9.47 Å². The van der Waals surface area contributed by atoms with Gasteiger partial charge in [-0.05, 0) is 44.6 Å². The van der Waals surface area contributed by atoms with Crippen LogP contribution in [-0.2, 0) is 10.9 Å². The molecule has 1 amide bonds. The Morgan fingerprint density at radius 3 is 2.62 bits per heavy atom. The minimum Gasteiger partial charge on any atom is -0.487 e.